The van der Waals surface area contributed by atoms with Crippen LogP contribution in [-0.2, 0) is 10.0 Å². The van der Waals surface area contributed by atoms with Crippen molar-refractivity contribution in [3.63, 3.8) is 0 Å². The number of para-hydroxylation sites is 1. The van der Waals surface area contributed by atoms with Crippen molar-refractivity contribution in [1.82, 2.24) is 10.1 Å². The second kappa shape index (κ2) is 7.93. The highest BCUT2D eigenvalue weighted by Crippen LogP contribution is 2.40. The molecule has 2 aromatic carbocycles. The molecule has 0 saturated carbocycles. The van der Waals surface area contributed by atoms with E-state index < -0.39 is 10.0 Å². The lowest BCUT2D eigenvalue weighted by Crippen LogP contribution is -2.14. The van der Waals surface area contributed by atoms with Gasteiger partial charge in [-0.25, -0.2) is 13.4 Å². The minimum Gasteiger partial charge on any atom is -0.496 e. The fourth-order valence-corrected chi connectivity index (χ4v) is 5.52. The van der Waals surface area contributed by atoms with Crippen molar-refractivity contribution >= 4 is 49.9 Å². The maximum atomic E-state index is 12.9. The molecule has 4 aromatic rings. The molecule has 0 bridgehead atoms. The highest BCUT2D eigenvalue weighted by Gasteiger charge is 2.24. The lowest BCUT2D eigenvalue weighted by atomic mass is 10.2. The molecule has 0 amide bonds. The van der Waals surface area contributed by atoms with Crippen molar-refractivity contribution in [2.75, 3.05) is 18.9 Å². The maximum absolute atomic E-state index is 12.9. The van der Waals surface area contributed by atoms with Crippen molar-refractivity contribution in [2.45, 2.75) is 14.1 Å². The zero-order valence-corrected chi connectivity index (χ0v) is 17.7. The van der Waals surface area contributed by atoms with Crippen molar-refractivity contribution in [1.29, 1.82) is 0 Å². The van der Waals surface area contributed by atoms with E-state index in [-0.39, 0.29) is 16.5 Å². The van der Waals surface area contributed by atoms with E-state index in [1.54, 1.807) is 36.5 Å². The molecule has 11 heteroatoms. The van der Waals surface area contributed by atoms with Crippen LogP contribution in [0.15, 0.2) is 66.6 Å². The summed E-state index contributed by atoms with van der Waals surface area (Å²) in [6.45, 7) is 0. The Morgan fingerprint density at radius 2 is 1.93 bits per heavy atom. The third-order valence-corrected chi connectivity index (χ3v) is 7.17. The lowest BCUT2D eigenvalue weighted by Gasteiger charge is -2.10. The van der Waals surface area contributed by atoms with Gasteiger partial charge in [0.15, 0.2) is 15.7 Å². The van der Waals surface area contributed by atoms with Crippen LogP contribution in [0.4, 0.5) is 5.82 Å². The number of thiazole rings is 1. The number of nitrogens with one attached hydrogen (secondary N) is 1. The monoisotopic (exact) mass is 449 g/mol. The number of fused-ring (bicyclic) bond motifs is 1. The minimum absolute atomic E-state index is 0.00596. The van der Waals surface area contributed by atoms with E-state index in [0.29, 0.717) is 16.7 Å². The maximum Gasteiger partial charge on any atom is 0.266 e. The Kier molecular flexibility index (Phi) is 5.35. The SMILES string of the molecule is COc1ccccc1S(=O)(=O)Nc1noc2cc(Sc3nccs3)cc(OC)c12. The molecule has 0 aliphatic heterocycles. The van der Waals surface area contributed by atoms with Crippen molar-refractivity contribution in [3.05, 3.63) is 48.0 Å². The average molecular weight is 450 g/mol. The summed E-state index contributed by atoms with van der Waals surface area (Å²) >= 11 is 2.96. The molecule has 0 unspecified atom stereocenters. The van der Waals surface area contributed by atoms with Crippen LogP contribution < -0.4 is 14.2 Å². The van der Waals surface area contributed by atoms with E-state index >= 15 is 0 Å². The van der Waals surface area contributed by atoms with Crippen LogP contribution in [-0.4, -0.2) is 32.8 Å². The Labute approximate surface area is 174 Å². The number of ether oxygens (including phenoxy) is 2. The molecule has 0 atom stereocenters. The first kappa shape index (κ1) is 19.6. The van der Waals surface area contributed by atoms with Gasteiger partial charge in [-0.05, 0) is 24.3 Å². The summed E-state index contributed by atoms with van der Waals surface area (Å²) < 4.78 is 45.1. The molecule has 0 aliphatic rings. The number of hydrogen-bond donors (Lipinski definition) is 1. The molecular weight excluding hydrogens is 434 g/mol. The molecule has 2 heterocycles. The number of benzene rings is 2. The summed E-state index contributed by atoms with van der Waals surface area (Å²) in [7, 11) is -1.05. The Bertz CT molecular complexity index is 1250. The number of methoxy groups -OCH3 is 2. The molecule has 0 radical (unpaired) electrons. The fraction of sp³-hybridized carbons (Fsp3) is 0.111. The van der Waals surface area contributed by atoms with Gasteiger partial charge in [0.25, 0.3) is 10.0 Å². The summed E-state index contributed by atoms with van der Waals surface area (Å²) in [6.07, 6.45) is 1.72. The standard InChI is InChI=1S/C18H15N3O5S3/c1-24-12-5-3-4-6-15(12)29(22,23)21-17-16-13(25-2)9-11(10-14(16)26-20-17)28-18-19-7-8-27-18/h3-10H,1-2H3,(H,20,21). The topological polar surface area (TPSA) is 104 Å². The first-order valence-corrected chi connectivity index (χ1v) is 11.4. The predicted octanol–water partition coefficient (Wildman–Crippen LogP) is 4.25. The van der Waals surface area contributed by atoms with Gasteiger partial charge >= 0.3 is 0 Å². The molecule has 0 fully saturated rings. The third kappa shape index (κ3) is 3.88. The third-order valence-electron chi connectivity index (χ3n) is 3.94. The molecule has 0 saturated heterocycles. The van der Waals surface area contributed by atoms with E-state index in [4.69, 9.17) is 14.0 Å². The van der Waals surface area contributed by atoms with Crippen LogP contribution in [0.3, 0.4) is 0 Å². The minimum atomic E-state index is -3.96. The van der Waals surface area contributed by atoms with Gasteiger partial charge in [-0.2, -0.15) is 0 Å². The molecular formula is C18H15N3O5S3. The van der Waals surface area contributed by atoms with E-state index in [1.807, 2.05) is 5.38 Å². The van der Waals surface area contributed by atoms with Crippen LogP contribution >= 0.6 is 23.1 Å². The van der Waals surface area contributed by atoms with E-state index in [2.05, 4.69) is 14.9 Å². The van der Waals surface area contributed by atoms with Gasteiger partial charge in [0.05, 0.1) is 14.2 Å². The largest absolute Gasteiger partial charge is 0.496 e. The number of rotatable bonds is 7. The molecule has 1 N–H and O–H groups in total. The number of aromatic nitrogens is 2. The first-order valence-electron chi connectivity index (χ1n) is 8.22. The summed E-state index contributed by atoms with van der Waals surface area (Å²) in [5.74, 6) is 0.691. The quantitative estimate of drug-likeness (QED) is 0.446. The Balaban J connectivity index is 1.73. The van der Waals surface area contributed by atoms with Crippen LogP contribution in [0.25, 0.3) is 11.0 Å². The smallest absolute Gasteiger partial charge is 0.266 e. The molecule has 150 valence electrons. The molecule has 0 spiro atoms. The zero-order chi connectivity index (χ0) is 20.4. The molecule has 8 nitrogen and oxygen atoms in total. The van der Waals surface area contributed by atoms with Crippen LogP contribution in [0.2, 0.25) is 0 Å². The highest BCUT2D eigenvalue weighted by molar-refractivity contribution is 8.01. The van der Waals surface area contributed by atoms with Crippen molar-refractivity contribution < 1.29 is 22.4 Å². The Hall–Kier alpha value is -2.76. The second-order valence-corrected chi connectivity index (χ2v) is 9.55. The number of anilines is 1. The first-order chi connectivity index (χ1) is 14.0. The number of nitrogens with zero attached hydrogens (tertiary/aromatic N) is 2. The van der Waals surface area contributed by atoms with Gasteiger partial charge in [0.2, 0.25) is 0 Å². The summed E-state index contributed by atoms with van der Waals surface area (Å²) in [5, 5.41) is 6.21. The second-order valence-electron chi connectivity index (χ2n) is 5.69. The number of sulfonamides is 1. The van der Waals surface area contributed by atoms with E-state index in [1.165, 1.54) is 43.4 Å². The van der Waals surface area contributed by atoms with Crippen LogP contribution in [0.5, 0.6) is 11.5 Å². The van der Waals surface area contributed by atoms with Crippen LogP contribution in [0.1, 0.15) is 0 Å². The van der Waals surface area contributed by atoms with Gasteiger partial charge < -0.3 is 14.0 Å². The molecule has 2 aromatic heterocycles. The predicted molar refractivity (Wildman–Crippen MR) is 111 cm³/mol. The van der Waals surface area contributed by atoms with Gasteiger partial charge in [-0.1, -0.05) is 29.1 Å². The highest BCUT2D eigenvalue weighted by atomic mass is 32.2. The zero-order valence-electron chi connectivity index (χ0n) is 15.3. The normalized spacial score (nSPS) is 11.5. The lowest BCUT2D eigenvalue weighted by molar-refractivity contribution is 0.403. The Morgan fingerprint density at radius 3 is 2.66 bits per heavy atom. The summed E-state index contributed by atoms with van der Waals surface area (Å²) in [5.41, 5.74) is 0.390. The molecule has 4 rings (SSSR count). The molecule has 29 heavy (non-hydrogen) atoms. The van der Waals surface area contributed by atoms with Crippen molar-refractivity contribution in [2.24, 2.45) is 0 Å². The van der Waals surface area contributed by atoms with Gasteiger partial charge in [0.1, 0.15) is 21.8 Å². The Morgan fingerprint density at radius 1 is 1.14 bits per heavy atom. The number of hydrogen-bond acceptors (Lipinski definition) is 9. The molecule has 0 aliphatic carbocycles. The van der Waals surface area contributed by atoms with Gasteiger partial charge in [-0.3, -0.25) is 4.72 Å². The fourth-order valence-electron chi connectivity index (χ4n) is 2.69. The van der Waals surface area contributed by atoms with Gasteiger partial charge in [0, 0.05) is 16.5 Å². The summed E-state index contributed by atoms with van der Waals surface area (Å²) in [4.78, 5) is 5.07. The summed E-state index contributed by atoms with van der Waals surface area (Å²) in [6, 6.07) is 9.86. The van der Waals surface area contributed by atoms with E-state index in [9.17, 15) is 8.42 Å². The van der Waals surface area contributed by atoms with Crippen molar-refractivity contribution in [3.8, 4) is 11.5 Å². The van der Waals surface area contributed by atoms with Crippen LogP contribution in [0, 0.1) is 0 Å². The van der Waals surface area contributed by atoms with E-state index in [0.717, 1.165) is 9.24 Å². The average Bonchev–Trinajstić information content (AvgIpc) is 3.37. The van der Waals surface area contributed by atoms with Gasteiger partial charge in [-0.15, -0.1) is 11.3 Å².